The third-order valence-corrected chi connectivity index (χ3v) is 3.54. The lowest BCUT2D eigenvalue weighted by molar-refractivity contribution is -0.137. The van der Waals surface area contributed by atoms with Crippen molar-refractivity contribution in [2.45, 2.75) is 25.8 Å². The van der Waals surface area contributed by atoms with E-state index in [1.807, 2.05) is 30.3 Å². The molecule has 0 aliphatic carbocycles. The summed E-state index contributed by atoms with van der Waals surface area (Å²) in [5.74, 6) is -0.212. The van der Waals surface area contributed by atoms with Crippen LogP contribution >= 0.6 is 0 Å². The first-order valence-electron chi connectivity index (χ1n) is 8.09. The van der Waals surface area contributed by atoms with Crippen molar-refractivity contribution in [2.75, 3.05) is 13.2 Å². The number of benzene rings is 2. The molecule has 2 aromatic carbocycles. The lowest BCUT2D eigenvalue weighted by Gasteiger charge is -2.14. The first-order chi connectivity index (χ1) is 12.4. The van der Waals surface area contributed by atoms with E-state index in [4.69, 9.17) is 9.47 Å². The number of ether oxygens (including phenoxy) is 2. The summed E-state index contributed by atoms with van der Waals surface area (Å²) in [5.41, 5.74) is 0.182. The Bertz CT molecular complexity index is 705. The predicted octanol–water partition coefficient (Wildman–Crippen LogP) is 3.81. The van der Waals surface area contributed by atoms with Crippen molar-refractivity contribution in [1.82, 2.24) is 5.32 Å². The second-order valence-corrected chi connectivity index (χ2v) is 5.60. The molecule has 1 unspecified atom stereocenters. The monoisotopic (exact) mass is 367 g/mol. The quantitative estimate of drug-likeness (QED) is 0.722. The molecule has 0 aliphatic heterocycles. The highest BCUT2D eigenvalue weighted by atomic mass is 19.4. The van der Waals surface area contributed by atoms with Gasteiger partial charge in [0.15, 0.2) is 0 Å². The fourth-order valence-corrected chi connectivity index (χ4v) is 2.12. The van der Waals surface area contributed by atoms with Gasteiger partial charge in [0, 0.05) is 0 Å². The molecule has 140 valence electrons. The van der Waals surface area contributed by atoms with Crippen LogP contribution in [0.5, 0.6) is 5.75 Å². The zero-order valence-electron chi connectivity index (χ0n) is 14.3. The summed E-state index contributed by atoms with van der Waals surface area (Å²) in [6, 6.07) is 14.1. The van der Waals surface area contributed by atoms with E-state index in [9.17, 15) is 18.0 Å². The number of carbonyl (C=O) groups is 1. The van der Waals surface area contributed by atoms with Crippen LogP contribution in [-0.4, -0.2) is 25.2 Å². The Kier molecular flexibility index (Phi) is 7.03. The Morgan fingerprint density at radius 2 is 1.85 bits per heavy atom. The maximum atomic E-state index is 12.6. The normalized spacial score (nSPS) is 12.5. The van der Waals surface area contributed by atoms with Crippen LogP contribution < -0.4 is 10.1 Å². The molecular formula is C19H20F3NO3. The standard InChI is InChI=1S/C19H20F3NO3/c1-14(26-13-15-6-3-2-4-7-15)18(24)23-10-11-25-17-9-5-8-16(12-17)19(20,21)22/h2-9,12,14H,10-11,13H2,1H3,(H,23,24). The van der Waals surface area contributed by atoms with E-state index in [0.717, 1.165) is 17.7 Å². The summed E-state index contributed by atoms with van der Waals surface area (Å²) in [6.45, 7) is 2.16. The lowest BCUT2D eigenvalue weighted by atomic mass is 10.2. The summed E-state index contributed by atoms with van der Waals surface area (Å²) in [6.07, 6.45) is -5.07. The zero-order chi connectivity index (χ0) is 19.0. The van der Waals surface area contributed by atoms with Crippen LogP contribution in [0.4, 0.5) is 13.2 Å². The van der Waals surface area contributed by atoms with Crippen molar-refractivity contribution < 1.29 is 27.4 Å². The summed E-state index contributed by atoms with van der Waals surface area (Å²) >= 11 is 0. The van der Waals surface area contributed by atoms with E-state index in [-0.39, 0.29) is 24.8 Å². The number of rotatable bonds is 8. The minimum absolute atomic E-state index is 0.0540. The van der Waals surface area contributed by atoms with Crippen molar-refractivity contribution in [1.29, 1.82) is 0 Å². The topological polar surface area (TPSA) is 47.6 Å². The van der Waals surface area contributed by atoms with Gasteiger partial charge in [-0.3, -0.25) is 4.79 Å². The molecule has 26 heavy (non-hydrogen) atoms. The van der Waals surface area contributed by atoms with E-state index in [1.165, 1.54) is 12.1 Å². The fourth-order valence-electron chi connectivity index (χ4n) is 2.12. The van der Waals surface area contributed by atoms with Crippen LogP contribution in [0.3, 0.4) is 0 Å². The fraction of sp³-hybridized carbons (Fsp3) is 0.316. The van der Waals surface area contributed by atoms with Crippen LogP contribution in [0.15, 0.2) is 54.6 Å². The Labute approximate surface area is 149 Å². The van der Waals surface area contributed by atoms with E-state index in [1.54, 1.807) is 6.92 Å². The van der Waals surface area contributed by atoms with E-state index in [2.05, 4.69) is 5.32 Å². The average molecular weight is 367 g/mol. The van der Waals surface area contributed by atoms with Crippen molar-refractivity contribution in [3.8, 4) is 5.75 Å². The predicted molar refractivity (Wildman–Crippen MR) is 90.6 cm³/mol. The molecule has 0 aromatic heterocycles. The van der Waals surface area contributed by atoms with Crippen LogP contribution in [0, 0.1) is 0 Å². The zero-order valence-corrected chi connectivity index (χ0v) is 14.3. The molecule has 0 saturated heterocycles. The molecule has 2 rings (SSSR count). The Morgan fingerprint density at radius 1 is 1.12 bits per heavy atom. The Morgan fingerprint density at radius 3 is 2.54 bits per heavy atom. The maximum Gasteiger partial charge on any atom is 0.416 e. The number of carbonyl (C=O) groups excluding carboxylic acids is 1. The number of hydrogen-bond acceptors (Lipinski definition) is 3. The Balaban J connectivity index is 1.69. The van der Waals surface area contributed by atoms with Crippen molar-refractivity contribution in [2.24, 2.45) is 0 Å². The molecule has 1 N–H and O–H groups in total. The number of halogens is 3. The first-order valence-corrected chi connectivity index (χ1v) is 8.09. The number of nitrogens with one attached hydrogen (secondary N) is 1. The molecule has 0 aliphatic rings. The van der Waals surface area contributed by atoms with Gasteiger partial charge in [0.1, 0.15) is 18.5 Å². The molecule has 0 heterocycles. The molecule has 0 spiro atoms. The Hall–Kier alpha value is -2.54. The molecule has 4 nitrogen and oxygen atoms in total. The third-order valence-electron chi connectivity index (χ3n) is 3.54. The SMILES string of the molecule is CC(OCc1ccccc1)C(=O)NCCOc1cccc(C(F)(F)F)c1. The van der Waals surface area contributed by atoms with E-state index in [0.29, 0.717) is 6.61 Å². The largest absolute Gasteiger partial charge is 0.492 e. The highest BCUT2D eigenvalue weighted by Gasteiger charge is 2.30. The number of hydrogen-bond donors (Lipinski definition) is 1. The molecule has 1 atom stereocenters. The summed E-state index contributed by atoms with van der Waals surface area (Å²) in [4.78, 5) is 11.9. The van der Waals surface area contributed by atoms with Gasteiger partial charge in [0.25, 0.3) is 0 Å². The van der Waals surface area contributed by atoms with Gasteiger partial charge in [0.05, 0.1) is 18.7 Å². The molecule has 2 aromatic rings. The van der Waals surface area contributed by atoms with Crippen molar-refractivity contribution in [3.63, 3.8) is 0 Å². The van der Waals surface area contributed by atoms with Gasteiger partial charge in [-0.25, -0.2) is 0 Å². The highest BCUT2D eigenvalue weighted by molar-refractivity contribution is 5.80. The second-order valence-electron chi connectivity index (χ2n) is 5.60. The van der Waals surface area contributed by atoms with E-state index < -0.39 is 17.8 Å². The van der Waals surface area contributed by atoms with Crippen molar-refractivity contribution >= 4 is 5.91 Å². The molecule has 7 heteroatoms. The van der Waals surface area contributed by atoms with Crippen molar-refractivity contribution in [3.05, 3.63) is 65.7 Å². The molecule has 0 bridgehead atoms. The average Bonchev–Trinajstić information content (AvgIpc) is 2.63. The molecule has 0 saturated carbocycles. The summed E-state index contributed by atoms with van der Waals surface area (Å²) in [7, 11) is 0. The van der Waals surface area contributed by atoms with Gasteiger partial charge >= 0.3 is 6.18 Å². The summed E-state index contributed by atoms with van der Waals surface area (Å²) < 4.78 is 48.6. The smallest absolute Gasteiger partial charge is 0.416 e. The lowest BCUT2D eigenvalue weighted by Crippen LogP contribution is -2.36. The maximum absolute atomic E-state index is 12.6. The van der Waals surface area contributed by atoms with Crippen LogP contribution in [0.25, 0.3) is 0 Å². The van der Waals surface area contributed by atoms with Crippen LogP contribution in [-0.2, 0) is 22.3 Å². The second kappa shape index (κ2) is 9.24. The highest BCUT2D eigenvalue weighted by Crippen LogP contribution is 2.31. The van der Waals surface area contributed by atoms with Gasteiger partial charge in [-0.05, 0) is 30.7 Å². The minimum atomic E-state index is -4.42. The minimum Gasteiger partial charge on any atom is -0.492 e. The van der Waals surface area contributed by atoms with Crippen LogP contribution in [0.1, 0.15) is 18.1 Å². The van der Waals surface area contributed by atoms with Gasteiger partial charge in [-0.15, -0.1) is 0 Å². The molecule has 0 fully saturated rings. The number of alkyl halides is 3. The van der Waals surface area contributed by atoms with Gasteiger partial charge < -0.3 is 14.8 Å². The summed E-state index contributed by atoms with van der Waals surface area (Å²) in [5, 5.41) is 2.62. The van der Waals surface area contributed by atoms with E-state index >= 15 is 0 Å². The molecule has 1 amide bonds. The van der Waals surface area contributed by atoms with Gasteiger partial charge in [-0.1, -0.05) is 36.4 Å². The molecule has 0 radical (unpaired) electrons. The number of amides is 1. The van der Waals surface area contributed by atoms with Crippen LogP contribution in [0.2, 0.25) is 0 Å². The van der Waals surface area contributed by atoms with Gasteiger partial charge in [-0.2, -0.15) is 13.2 Å². The molecular weight excluding hydrogens is 347 g/mol. The first kappa shape index (κ1) is 19.8. The third kappa shape index (κ3) is 6.40. The van der Waals surface area contributed by atoms with Gasteiger partial charge in [0.2, 0.25) is 5.91 Å².